The van der Waals surface area contributed by atoms with Gasteiger partial charge in [-0.25, -0.2) is 13.6 Å². The van der Waals surface area contributed by atoms with Crippen LogP contribution in [-0.2, 0) is 0 Å². The minimum atomic E-state index is -2.59. The predicted octanol–water partition coefficient (Wildman–Crippen LogP) is 2.67. The molecule has 0 atom stereocenters. The van der Waals surface area contributed by atoms with Crippen LogP contribution in [-0.4, -0.2) is 22.2 Å². The second-order valence-corrected chi connectivity index (χ2v) is 4.05. The molecule has 16 heavy (non-hydrogen) atoms. The van der Waals surface area contributed by atoms with Gasteiger partial charge in [-0.1, -0.05) is 5.16 Å². The first-order valence-electron chi connectivity index (χ1n) is 5.06. The molecule has 4 nitrogen and oxygen atoms in total. The van der Waals surface area contributed by atoms with Crippen molar-refractivity contribution in [1.82, 2.24) is 5.16 Å². The van der Waals surface area contributed by atoms with E-state index in [1.54, 1.807) is 0 Å². The lowest BCUT2D eigenvalue weighted by Gasteiger charge is -2.26. The summed E-state index contributed by atoms with van der Waals surface area (Å²) < 4.78 is 30.6. The predicted molar refractivity (Wildman–Crippen MR) is 49.6 cm³/mol. The van der Waals surface area contributed by atoms with Gasteiger partial charge in [0.25, 0.3) is 0 Å². The van der Waals surface area contributed by atoms with E-state index >= 15 is 0 Å². The first-order chi connectivity index (χ1) is 7.48. The van der Waals surface area contributed by atoms with Crippen LogP contribution in [0.25, 0.3) is 0 Å². The molecule has 1 heterocycles. The number of aromatic nitrogens is 1. The molecule has 1 N–H and O–H groups in total. The summed E-state index contributed by atoms with van der Waals surface area (Å²) >= 11 is 0. The van der Waals surface area contributed by atoms with Crippen molar-refractivity contribution in [3.8, 4) is 0 Å². The molecular formula is C10H11F2NO3. The lowest BCUT2D eigenvalue weighted by molar-refractivity contribution is -0.0398. The van der Waals surface area contributed by atoms with E-state index < -0.39 is 11.9 Å². The molecule has 88 valence electrons. The Balaban J connectivity index is 2.05. The zero-order valence-electron chi connectivity index (χ0n) is 8.45. The molecule has 0 radical (unpaired) electrons. The van der Waals surface area contributed by atoms with Gasteiger partial charge >= 0.3 is 5.97 Å². The second kappa shape index (κ2) is 3.84. The van der Waals surface area contributed by atoms with Crippen molar-refractivity contribution < 1.29 is 23.2 Å². The minimum Gasteiger partial charge on any atom is -0.476 e. The maximum Gasteiger partial charge on any atom is 0.358 e. The van der Waals surface area contributed by atoms with E-state index in [2.05, 4.69) is 5.16 Å². The summed E-state index contributed by atoms with van der Waals surface area (Å²) in [6, 6.07) is 1.32. The summed E-state index contributed by atoms with van der Waals surface area (Å²) in [4.78, 5) is 10.6. The normalized spacial score (nSPS) is 20.9. The molecule has 0 spiro atoms. The van der Waals surface area contributed by atoms with Crippen LogP contribution in [0.4, 0.5) is 8.78 Å². The number of hydrogen-bond donors (Lipinski definition) is 1. The van der Waals surface area contributed by atoms with Crippen LogP contribution < -0.4 is 0 Å². The first-order valence-corrected chi connectivity index (χ1v) is 5.06. The molecule has 1 aromatic rings. The number of rotatable bonds is 2. The highest BCUT2D eigenvalue weighted by atomic mass is 19.3. The fourth-order valence-corrected chi connectivity index (χ4v) is 1.91. The molecule has 2 rings (SSSR count). The largest absolute Gasteiger partial charge is 0.476 e. The Morgan fingerprint density at radius 3 is 2.62 bits per heavy atom. The monoisotopic (exact) mass is 231 g/mol. The Bertz CT molecular complexity index is 393. The third-order valence-corrected chi connectivity index (χ3v) is 2.87. The SMILES string of the molecule is O=C(O)c1cc(C2CCC(F)(F)CC2)on1. The van der Waals surface area contributed by atoms with Crippen LogP contribution in [0.1, 0.15) is 47.8 Å². The second-order valence-electron chi connectivity index (χ2n) is 4.05. The Kier molecular flexibility index (Phi) is 2.65. The zero-order chi connectivity index (χ0) is 11.8. The van der Waals surface area contributed by atoms with Gasteiger partial charge in [-0.3, -0.25) is 0 Å². The van der Waals surface area contributed by atoms with E-state index in [-0.39, 0.29) is 24.5 Å². The Morgan fingerprint density at radius 1 is 1.50 bits per heavy atom. The maximum atomic E-state index is 12.9. The van der Waals surface area contributed by atoms with Crippen molar-refractivity contribution in [3.63, 3.8) is 0 Å². The van der Waals surface area contributed by atoms with Gasteiger partial charge in [0.1, 0.15) is 5.76 Å². The van der Waals surface area contributed by atoms with Crippen LogP contribution >= 0.6 is 0 Å². The zero-order valence-corrected chi connectivity index (χ0v) is 8.45. The molecule has 1 fully saturated rings. The summed E-state index contributed by atoms with van der Waals surface area (Å²) in [6.45, 7) is 0. The highest BCUT2D eigenvalue weighted by Gasteiger charge is 2.36. The standard InChI is InChI=1S/C10H11F2NO3/c11-10(12)3-1-6(2-4-10)8-5-7(9(14)15)13-16-8/h5-6H,1-4H2,(H,14,15). The van der Waals surface area contributed by atoms with Gasteiger partial charge in [0, 0.05) is 24.8 Å². The Morgan fingerprint density at radius 2 is 2.12 bits per heavy atom. The molecular weight excluding hydrogens is 220 g/mol. The van der Waals surface area contributed by atoms with Crippen LogP contribution in [0, 0.1) is 0 Å². The number of carboxylic acids is 1. The summed E-state index contributed by atoms with van der Waals surface area (Å²) in [5.41, 5.74) is -0.174. The number of nitrogens with zero attached hydrogens (tertiary/aromatic N) is 1. The summed E-state index contributed by atoms with van der Waals surface area (Å²) in [7, 11) is 0. The van der Waals surface area contributed by atoms with E-state index in [1.807, 2.05) is 0 Å². The Hall–Kier alpha value is -1.46. The molecule has 1 aliphatic carbocycles. The number of carboxylic acid groups (broad SMARTS) is 1. The highest BCUT2D eigenvalue weighted by Crippen LogP contribution is 2.40. The van der Waals surface area contributed by atoms with Crippen LogP contribution in [0.3, 0.4) is 0 Å². The molecule has 0 saturated heterocycles. The molecule has 1 aliphatic rings. The van der Waals surface area contributed by atoms with Crippen molar-refractivity contribution in [3.05, 3.63) is 17.5 Å². The topological polar surface area (TPSA) is 63.3 Å². The van der Waals surface area contributed by atoms with E-state index in [0.29, 0.717) is 18.6 Å². The van der Waals surface area contributed by atoms with Gasteiger partial charge < -0.3 is 9.63 Å². The van der Waals surface area contributed by atoms with Crippen molar-refractivity contribution >= 4 is 5.97 Å². The van der Waals surface area contributed by atoms with Crippen molar-refractivity contribution in [2.45, 2.75) is 37.5 Å². The molecule has 0 aliphatic heterocycles. The Labute approximate surface area is 90.2 Å². The van der Waals surface area contributed by atoms with E-state index in [4.69, 9.17) is 9.63 Å². The van der Waals surface area contributed by atoms with Gasteiger partial charge in [0.05, 0.1) is 0 Å². The highest BCUT2D eigenvalue weighted by molar-refractivity contribution is 5.85. The smallest absolute Gasteiger partial charge is 0.358 e. The van der Waals surface area contributed by atoms with Crippen molar-refractivity contribution in [1.29, 1.82) is 0 Å². The number of halogens is 2. The van der Waals surface area contributed by atoms with Gasteiger partial charge in [0.2, 0.25) is 5.92 Å². The summed E-state index contributed by atoms with van der Waals surface area (Å²) in [5, 5.41) is 12.0. The molecule has 6 heteroatoms. The number of aromatic carboxylic acids is 1. The third-order valence-electron chi connectivity index (χ3n) is 2.87. The van der Waals surface area contributed by atoms with E-state index in [0.717, 1.165) is 0 Å². The lowest BCUT2D eigenvalue weighted by Crippen LogP contribution is -2.23. The van der Waals surface area contributed by atoms with Crippen LogP contribution in [0.15, 0.2) is 10.6 Å². The molecule has 1 saturated carbocycles. The molecule has 0 bridgehead atoms. The van der Waals surface area contributed by atoms with Gasteiger partial charge in [-0.05, 0) is 12.8 Å². The summed E-state index contributed by atoms with van der Waals surface area (Å²) in [5.74, 6) is -3.50. The van der Waals surface area contributed by atoms with Gasteiger partial charge in [0.15, 0.2) is 5.69 Å². The van der Waals surface area contributed by atoms with E-state index in [9.17, 15) is 13.6 Å². The van der Waals surface area contributed by atoms with Gasteiger partial charge in [-0.15, -0.1) is 0 Å². The number of hydrogen-bond acceptors (Lipinski definition) is 3. The van der Waals surface area contributed by atoms with Crippen LogP contribution in [0.5, 0.6) is 0 Å². The average molecular weight is 231 g/mol. The van der Waals surface area contributed by atoms with Crippen LogP contribution in [0.2, 0.25) is 0 Å². The number of alkyl halides is 2. The van der Waals surface area contributed by atoms with Crippen molar-refractivity contribution in [2.24, 2.45) is 0 Å². The molecule has 0 unspecified atom stereocenters. The minimum absolute atomic E-state index is 0.139. The maximum absolute atomic E-state index is 12.9. The lowest BCUT2D eigenvalue weighted by atomic mass is 9.85. The first kappa shape index (κ1) is 11.0. The average Bonchev–Trinajstić information content (AvgIpc) is 2.66. The summed E-state index contributed by atoms with van der Waals surface area (Å²) in [6.07, 6.45) is 0.254. The van der Waals surface area contributed by atoms with E-state index in [1.165, 1.54) is 6.07 Å². The fraction of sp³-hybridized carbons (Fsp3) is 0.600. The molecule has 1 aromatic heterocycles. The number of carbonyl (C=O) groups is 1. The fourth-order valence-electron chi connectivity index (χ4n) is 1.91. The third kappa shape index (κ3) is 2.20. The molecule has 0 amide bonds. The quantitative estimate of drug-likeness (QED) is 0.849. The van der Waals surface area contributed by atoms with Gasteiger partial charge in [-0.2, -0.15) is 0 Å². The molecule has 0 aromatic carbocycles. The van der Waals surface area contributed by atoms with Crippen molar-refractivity contribution in [2.75, 3.05) is 0 Å².